The summed E-state index contributed by atoms with van der Waals surface area (Å²) in [5.74, 6) is -0.575. The number of amides is 2. The summed E-state index contributed by atoms with van der Waals surface area (Å²) in [7, 11) is 0. The van der Waals surface area contributed by atoms with E-state index in [-0.39, 0.29) is 17.4 Å². The Morgan fingerprint density at radius 2 is 1.91 bits per heavy atom. The van der Waals surface area contributed by atoms with Gasteiger partial charge in [0.1, 0.15) is 23.5 Å². The van der Waals surface area contributed by atoms with Gasteiger partial charge in [-0.25, -0.2) is 10.2 Å². The fraction of sp³-hybridized carbons (Fsp3) is 0.250. The van der Waals surface area contributed by atoms with Crippen molar-refractivity contribution in [2.75, 3.05) is 0 Å². The van der Waals surface area contributed by atoms with E-state index in [9.17, 15) is 14.4 Å². The van der Waals surface area contributed by atoms with E-state index in [1.165, 1.54) is 18.5 Å². The van der Waals surface area contributed by atoms with Gasteiger partial charge in [-0.1, -0.05) is 41.9 Å². The molecular weight excluding hydrogens is 446 g/mol. The fourth-order valence-electron chi connectivity index (χ4n) is 2.96. The average Bonchev–Trinajstić information content (AvgIpc) is 2.74. The zero-order chi connectivity index (χ0) is 24.0. The zero-order valence-corrected chi connectivity index (χ0v) is 19.2. The minimum absolute atomic E-state index is 0.129. The maximum Gasteiger partial charge on any atom is 0.408 e. The first-order valence-corrected chi connectivity index (χ1v) is 10.6. The Kier molecular flexibility index (Phi) is 7.50. The van der Waals surface area contributed by atoms with Crippen LogP contribution in [0.1, 0.15) is 31.9 Å². The molecule has 0 radical (unpaired) electrons. The molecule has 172 valence electrons. The number of benzene rings is 2. The van der Waals surface area contributed by atoms with Crippen molar-refractivity contribution >= 4 is 40.8 Å². The quantitative estimate of drug-likeness (QED) is 0.418. The van der Waals surface area contributed by atoms with Gasteiger partial charge in [-0.2, -0.15) is 5.10 Å². The maximum atomic E-state index is 12.8. The first-order chi connectivity index (χ1) is 15.6. The van der Waals surface area contributed by atoms with Gasteiger partial charge in [-0.15, -0.1) is 0 Å². The molecule has 1 atom stereocenters. The molecule has 0 bridgehead atoms. The standard InChI is InChI=1S/C24H24ClN3O5/c1-24(2,3)33-23(31)27-19(11-15-7-5-4-6-8-15)22(30)28-26-13-16-14-32-20-10-9-17(25)12-18(20)21(16)29/h4-10,12-14,19H,11H2,1-3H3,(H,27,31)(H,28,30)/b26-13-/t19-/m1/s1. The molecule has 1 aromatic heterocycles. The molecule has 0 aliphatic rings. The summed E-state index contributed by atoms with van der Waals surface area (Å²) in [5.41, 5.74) is 2.65. The molecule has 9 heteroatoms. The van der Waals surface area contributed by atoms with Crippen LogP contribution < -0.4 is 16.2 Å². The van der Waals surface area contributed by atoms with Crippen molar-refractivity contribution in [3.8, 4) is 0 Å². The molecule has 8 nitrogen and oxygen atoms in total. The molecule has 0 saturated carbocycles. The number of halogens is 1. The lowest BCUT2D eigenvalue weighted by Gasteiger charge is -2.23. The summed E-state index contributed by atoms with van der Waals surface area (Å²) in [6, 6.07) is 13.0. The van der Waals surface area contributed by atoms with Crippen LogP contribution in [0.2, 0.25) is 5.02 Å². The lowest BCUT2D eigenvalue weighted by molar-refractivity contribution is -0.123. The molecule has 0 fully saturated rings. The molecule has 0 aliphatic carbocycles. The van der Waals surface area contributed by atoms with Crippen LogP contribution in [0.5, 0.6) is 0 Å². The molecule has 3 aromatic rings. The molecule has 1 heterocycles. The Bertz CT molecular complexity index is 1230. The number of nitrogens with zero attached hydrogens (tertiary/aromatic N) is 1. The first-order valence-electron chi connectivity index (χ1n) is 10.2. The van der Waals surface area contributed by atoms with Crippen molar-refractivity contribution in [2.45, 2.75) is 38.8 Å². The molecule has 3 rings (SSSR count). The van der Waals surface area contributed by atoms with Crippen LogP contribution in [0.15, 0.2) is 69.1 Å². The molecule has 2 aromatic carbocycles. The molecule has 0 aliphatic heterocycles. The highest BCUT2D eigenvalue weighted by Crippen LogP contribution is 2.16. The van der Waals surface area contributed by atoms with Gasteiger partial charge in [-0.3, -0.25) is 9.59 Å². The van der Waals surface area contributed by atoms with Crippen LogP contribution in [0, 0.1) is 0 Å². The SMILES string of the molecule is CC(C)(C)OC(=O)N[C@H](Cc1ccccc1)C(=O)N/N=C\c1coc2ccc(Cl)cc2c1=O. The molecule has 33 heavy (non-hydrogen) atoms. The summed E-state index contributed by atoms with van der Waals surface area (Å²) in [6.45, 7) is 5.18. The molecule has 0 spiro atoms. The van der Waals surface area contributed by atoms with Gasteiger partial charge >= 0.3 is 6.09 Å². The van der Waals surface area contributed by atoms with Gasteiger partial charge in [-0.05, 0) is 44.5 Å². The van der Waals surface area contributed by atoms with E-state index >= 15 is 0 Å². The van der Waals surface area contributed by atoms with Crippen LogP contribution in [-0.2, 0) is 16.0 Å². The van der Waals surface area contributed by atoms with Crippen LogP contribution in [0.4, 0.5) is 4.79 Å². The lowest BCUT2D eigenvalue weighted by Crippen LogP contribution is -2.48. The molecule has 0 unspecified atom stereocenters. The summed E-state index contributed by atoms with van der Waals surface area (Å²) >= 11 is 5.96. The average molecular weight is 470 g/mol. The van der Waals surface area contributed by atoms with Crippen molar-refractivity contribution in [2.24, 2.45) is 5.10 Å². The monoisotopic (exact) mass is 469 g/mol. The fourth-order valence-corrected chi connectivity index (χ4v) is 3.13. The number of hydrogen-bond donors (Lipinski definition) is 2. The van der Waals surface area contributed by atoms with Gasteiger partial charge in [0, 0.05) is 11.4 Å². The Morgan fingerprint density at radius 3 is 2.61 bits per heavy atom. The van der Waals surface area contributed by atoms with E-state index in [1.807, 2.05) is 30.3 Å². The van der Waals surface area contributed by atoms with Crippen molar-refractivity contribution in [3.63, 3.8) is 0 Å². The van der Waals surface area contributed by atoms with Gasteiger partial charge in [0.15, 0.2) is 0 Å². The summed E-state index contributed by atoms with van der Waals surface area (Å²) < 4.78 is 10.7. The predicted molar refractivity (Wildman–Crippen MR) is 127 cm³/mol. The Hall–Kier alpha value is -3.65. The van der Waals surface area contributed by atoms with Crippen molar-refractivity contribution < 1.29 is 18.7 Å². The second kappa shape index (κ2) is 10.3. The van der Waals surface area contributed by atoms with E-state index in [0.29, 0.717) is 16.0 Å². The predicted octanol–water partition coefficient (Wildman–Crippen LogP) is 4.03. The number of nitrogens with one attached hydrogen (secondary N) is 2. The Labute approximate surface area is 195 Å². The highest BCUT2D eigenvalue weighted by atomic mass is 35.5. The second-order valence-corrected chi connectivity index (χ2v) is 8.72. The number of carbonyl (C=O) groups excluding carboxylic acids is 2. The normalized spacial score (nSPS) is 12.5. The van der Waals surface area contributed by atoms with E-state index in [2.05, 4.69) is 15.8 Å². The Balaban J connectivity index is 1.75. The van der Waals surface area contributed by atoms with E-state index in [1.54, 1.807) is 32.9 Å². The minimum atomic E-state index is -0.953. The van der Waals surface area contributed by atoms with Gasteiger partial charge in [0.05, 0.1) is 17.2 Å². The van der Waals surface area contributed by atoms with Crippen molar-refractivity contribution in [3.05, 3.63) is 81.2 Å². The number of rotatable bonds is 6. The summed E-state index contributed by atoms with van der Waals surface area (Å²) in [6.07, 6.45) is 1.92. The lowest BCUT2D eigenvalue weighted by atomic mass is 10.1. The van der Waals surface area contributed by atoms with Crippen molar-refractivity contribution in [1.29, 1.82) is 0 Å². The zero-order valence-electron chi connectivity index (χ0n) is 18.4. The van der Waals surface area contributed by atoms with Crippen LogP contribution in [0.25, 0.3) is 11.0 Å². The first kappa shape index (κ1) is 24.0. The smallest absolute Gasteiger partial charge is 0.408 e. The number of carbonyl (C=O) groups is 2. The summed E-state index contributed by atoms with van der Waals surface area (Å²) in [5, 5.41) is 7.13. The third-order valence-electron chi connectivity index (χ3n) is 4.43. The highest BCUT2D eigenvalue weighted by molar-refractivity contribution is 6.31. The summed E-state index contributed by atoms with van der Waals surface area (Å²) in [4.78, 5) is 37.6. The third kappa shape index (κ3) is 6.92. The van der Waals surface area contributed by atoms with E-state index in [4.69, 9.17) is 20.8 Å². The van der Waals surface area contributed by atoms with Gasteiger partial charge in [0.2, 0.25) is 5.43 Å². The van der Waals surface area contributed by atoms with E-state index < -0.39 is 23.6 Å². The Morgan fingerprint density at radius 1 is 1.18 bits per heavy atom. The largest absolute Gasteiger partial charge is 0.463 e. The molecule has 0 saturated heterocycles. The van der Waals surface area contributed by atoms with Crippen LogP contribution >= 0.6 is 11.6 Å². The molecular formula is C24H24ClN3O5. The number of hydrazone groups is 1. The topological polar surface area (TPSA) is 110 Å². The molecule has 2 N–H and O–H groups in total. The number of fused-ring (bicyclic) bond motifs is 1. The van der Waals surface area contributed by atoms with Crippen molar-refractivity contribution in [1.82, 2.24) is 10.7 Å². The second-order valence-electron chi connectivity index (χ2n) is 8.28. The van der Waals surface area contributed by atoms with Crippen LogP contribution in [0.3, 0.4) is 0 Å². The van der Waals surface area contributed by atoms with Gasteiger partial charge < -0.3 is 14.5 Å². The molecule has 2 amide bonds. The van der Waals surface area contributed by atoms with Crippen LogP contribution in [-0.4, -0.2) is 29.9 Å². The maximum absolute atomic E-state index is 12.8. The number of hydrogen-bond acceptors (Lipinski definition) is 6. The van der Waals surface area contributed by atoms with Gasteiger partial charge in [0.25, 0.3) is 5.91 Å². The third-order valence-corrected chi connectivity index (χ3v) is 4.66. The highest BCUT2D eigenvalue weighted by Gasteiger charge is 2.24. The number of ether oxygens (including phenoxy) is 1. The van der Waals surface area contributed by atoms with E-state index in [0.717, 1.165) is 5.56 Å². The minimum Gasteiger partial charge on any atom is -0.463 e. The number of alkyl carbamates (subject to hydrolysis) is 1.